The Labute approximate surface area is 120 Å². The first-order valence-corrected chi connectivity index (χ1v) is 7.07. The molecule has 0 aliphatic carbocycles. The fourth-order valence-corrected chi connectivity index (χ4v) is 2.75. The molecule has 1 aliphatic rings. The maximum absolute atomic E-state index is 12.1. The fraction of sp³-hybridized carbons (Fsp3) is 0.562. The van der Waals surface area contributed by atoms with Crippen LogP contribution in [0.2, 0.25) is 0 Å². The average Bonchev–Trinajstić information content (AvgIpc) is 2.46. The Morgan fingerprint density at radius 2 is 2.10 bits per heavy atom. The molecule has 2 rings (SSSR count). The highest BCUT2D eigenvalue weighted by Crippen LogP contribution is 2.29. The molecule has 1 heterocycles. The van der Waals surface area contributed by atoms with Crippen molar-refractivity contribution in [2.24, 2.45) is 5.41 Å². The van der Waals surface area contributed by atoms with Gasteiger partial charge in [0.25, 0.3) is 0 Å². The van der Waals surface area contributed by atoms with Crippen LogP contribution in [0.1, 0.15) is 25.3 Å². The molecular formula is C16H23NO3. The molecule has 4 nitrogen and oxygen atoms in total. The van der Waals surface area contributed by atoms with E-state index < -0.39 is 0 Å². The number of hydrogen-bond acceptors (Lipinski definition) is 3. The summed E-state index contributed by atoms with van der Waals surface area (Å²) in [5.41, 5.74) is 1.05. The lowest BCUT2D eigenvalue weighted by molar-refractivity contribution is 0.0167. The molecule has 0 N–H and O–H groups in total. The second-order valence-electron chi connectivity index (χ2n) is 5.81. The minimum absolute atomic E-state index is 0.0404. The summed E-state index contributed by atoms with van der Waals surface area (Å²) >= 11 is 0. The largest absolute Gasteiger partial charge is 0.445 e. The Kier molecular flexibility index (Phi) is 5.01. The number of methoxy groups -OCH3 is 1. The van der Waals surface area contributed by atoms with E-state index in [0.717, 1.165) is 24.9 Å². The normalized spacial score (nSPS) is 22.6. The molecule has 1 aromatic rings. The second-order valence-corrected chi connectivity index (χ2v) is 5.81. The Morgan fingerprint density at radius 3 is 2.80 bits per heavy atom. The van der Waals surface area contributed by atoms with Crippen LogP contribution in [0.25, 0.3) is 0 Å². The highest BCUT2D eigenvalue weighted by Gasteiger charge is 2.33. The van der Waals surface area contributed by atoms with Crippen molar-refractivity contribution in [2.45, 2.75) is 26.4 Å². The van der Waals surface area contributed by atoms with Gasteiger partial charge in [0.05, 0.1) is 6.61 Å². The number of carbonyl (C=O) groups excluding carboxylic acids is 1. The number of hydrogen-bond donors (Lipinski definition) is 0. The van der Waals surface area contributed by atoms with Crippen molar-refractivity contribution in [1.29, 1.82) is 0 Å². The van der Waals surface area contributed by atoms with Gasteiger partial charge in [0.1, 0.15) is 6.61 Å². The first kappa shape index (κ1) is 14.9. The standard InChI is InChI=1S/C16H23NO3/c1-16(13-19-2)9-6-10-17(12-16)15(18)20-11-14-7-4-3-5-8-14/h3-5,7-8H,6,9-13H2,1-2H3/t16-/m0/s1. The molecule has 0 unspecified atom stereocenters. The maximum Gasteiger partial charge on any atom is 0.410 e. The van der Waals surface area contributed by atoms with Gasteiger partial charge in [0.2, 0.25) is 0 Å². The molecule has 1 aliphatic heterocycles. The van der Waals surface area contributed by atoms with E-state index in [9.17, 15) is 4.79 Å². The summed E-state index contributed by atoms with van der Waals surface area (Å²) in [6.45, 7) is 4.64. The molecule has 0 spiro atoms. The van der Waals surface area contributed by atoms with Gasteiger partial charge >= 0.3 is 6.09 Å². The molecule has 1 amide bonds. The topological polar surface area (TPSA) is 38.8 Å². The minimum Gasteiger partial charge on any atom is -0.445 e. The zero-order chi connectivity index (χ0) is 14.4. The molecule has 20 heavy (non-hydrogen) atoms. The third-order valence-corrected chi connectivity index (χ3v) is 3.74. The monoisotopic (exact) mass is 277 g/mol. The van der Waals surface area contributed by atoms with Crippen molar-refractivity contribution in [2.75, 3.05) is 26.8 Å². The van der Waals surface area contributed by atoms with E-state index in [1.165, 1.54) is 0 Å². The van der Waals surface area contributed by atoms with E-state index in [0.29, 0.717) is 19.8 Å². The van der Waals surface area contributed by atoms with Crippen molar-refractivity contribution in [3.8, 4) is 0 Å². The van der Waals surface area contributed by atoms with Gasteiger partial charge in [-0.15, -0.1) is 0 Å². The van der Waals surface area contributed by atoms with Crippen LogP contribution in [0.5, 0.6) is 0 Å². The Balaban J connectivity index is 1.86. The SMILES string of the molecule is COC[C@@]1(C)CCCN(C(=O)OCc2ccccc2)C1. The maximum atomic E-state index is 12.1. The average molecular weight is 277 g/mol. The quantitative estimate of drug-likeness (QED) is 0.849. The number of piperidine rings is 1. The van der Waals surface area contributed by atoms with Crippen LogP contribution in [0.3, 0.4) is 0 Å². The number of likely N-dealkylation sites (tertiary alicyclic amines) is 1. The van der Waals surface area contributed by atoms with Crippen molar-refractivity contribution < 1.29 is 14.3 Å². The fourth-order valence-electron chi connectivity index (χ4n) is 2.75. The predicted molar refractivity (Wildman–Crippen MR) is 77.4 cm³/mol. The van der Waals surface area contributed by atoms with Crippen molar-refractivity contribution in [3.63, 3.8) is 0 Å². The zero-order valence-corrected chi connectivity index (χ0v) is 12.3. The number of rotatable bonds is 4. The summed E-state index contributed by atoms with van der Waals surface area (Å²) < 4.78 is 10.6. The number of benzene rings is 1. The van der Waals surface area contributed by atoms with Crippen LogP contribution in [0.4, 0.5) is 4.79 Å². The summed E-state index contributed by atoms with van der Waals surface area (Å²) in [5.74, 6) is 0. The van der Waals surface area contributed by atoms with Crippen LogP contribution in [0, 0.1) is 5.41 Å². The number of carbonyl (C=O) groups is 1. The van der Waals surface area contributed by atoms with E-state index in [-0.39, 0.29) is 11.5 Å². The van der Waals surface area contributed by atoms with Gasteiger partial charge in [0, 0.05) is 25.6 Å². The summed E-state index contributed by atoms with van der Waals surface area (Å²) in [4.78, 5) is 13.9. The van der Waals surface area contributed by atoms with Crippen LogP contribution in [-0.2, 0) is 16.1 Å². The minimum atomic E-state index is -0.226. The first-order chi connectivity index (χ1) is 9.63. The lowest BCUT2D eigenvalue weighted by Crippen LogP contribution is -2.46. The molecule has 1 fully saturated rings. The van der Waals surface area contributed by atoms with Gasteiger partial charge in [-0.05, 0) is 18.4 Å². The molecule has 1 aromatic carbocycles. The van der Waals surface area contributed by atoms with E-state index in [1.807, 2.05) is 30.3 Å². The Bertz CT molecular complexity index is 431. The van der Waals surface area contributed by atoms with Gasteiger partial charge in [0.15, 0.2) is 0 Å². The summed E-state index contributed by atoms with van der Waals surface area (Å²) in [6.07, 6.45) is 1.86. The number of nitrogens with zero attached hydrogens (tertiary/aromatic N) is 1. The highest BCUT2D eigenvalue weighted by atomic mass is 16.6. The van der Waals surface area contributed by atoms with Gasteiger partial charge in [-0.25, -0.2) is 4.79 Å². The molecule has 1 saturated heterocycles. The van der Waals surface area contributed by atoms with Gasteiger partial charge in [-0.3, -0.25) is 0 Å². The zero-order valence-electron chi connectivity index (χ0n) is 12.3. The molecule has 4 heteroatoms. The summed E-state index contributed by atoms with van der Waals surface area (Å²) in [7, 11) is 1.71. The van der Waals surface area contributed by atoms with Gasteiger partial charge < -0.3 is 14.4 Å². The molecule has 110 valence electrons. The molecule has 1 atom stereocenters. The highest BCUT2D eigenvalue weighted by molar-refractivity contribution is 5.67. The summed E-state index contributed by atoms with van der Waals surface area (Å²) in [6, 6.07) is 9.75. The van der Waals surface area contributed by atoms with Crippen molar-refractivity contribution >= 4 is 6.09 Å². The smallest absolute Gasteiger partial charge is 0.410 e. The predicted octanol–water partition coefficient (Wildman–Crippen LogP) is 3.07. The summed E-state index contributed by atoms with van der Waals surface area (Å²) in [5, 5.41) is 0. The molecule has 0 saturated carbocycles. The lowest BCUT2D eigenvalue weighted by atomic mass is 9.83. The molecule has 0 radical (unpaired) electrons. The van der Waals surface area contributed by atoms with Gasteiger partial charge in [-0.1, -0.05) is 37.3 Å². The number of amides is 1. The molecule has 0 aromatic heterocycles. The lowest BCUT2D eigenvalue weighted by Gasteiger charge is -2.39. The van der Waals surface area contributed by atoms with Crippen LogP contribution >= 0.6 is 0 Å². The third-order valence-electron chi connectivity index (χ3n) is 3.74. The Hall–Kier alpha value is -1.55. The molecule has 0 bridgehead atoms. The van der Waals surface area contributed by atoms with E-state index in [2.05, 4.69) is 6.92 Å². The van der Waals surface area contributed by atoms with E-state index >= 15 is 0 Å². The van der Waals surface area contributed by atoms with Crippen molar-refractivity contribution in [1.82, 2.24) is 4.90 Å². The second kappa shape index (κ2) is 6.75. The van der Waals surface area contributed by atoms with Crippen LogP contribution in [0.15, 0.2) is 30.3 Å². The Morgan fingerprint density at radius 1 is 1.35 bits per heavy atom. The van der Waals surface area contributed by atoms with Crippen molar-refractivity contribution in [3.05, 3.63) is 35.9 Å². The van der Waals surface area contributed by atoms with Crippen LogP contribution < -0.4 is 0 Å². The number of ether oxygens (including phenoxy) is 2. The first-order valence-electron chi connectivity index (χ1n) is 7.07. The van der Waals surface area contributed by atoms with Crippen LogP contribution in [-0.4, -0.2) is 37.8 Å². The molecular weight excluding hydrogens is 254 g/mol. The third kappa shape index (κ3) is 3.97. The van der Waals surface area contributed by atoms with E-state index in [4.69, 9.17) is 9.47 Å². The van der Waals surface area contributed by atoms with Gasteiger partial charge in [-0.2, -0.15) is 0 Å². The van der Waals surface area contributed by atoms with E-state index in [1.54, 1.807) is 12.0 Å².